The van der Waals surface area contributed by atoms with Crippen molar-refractivity contribution in [2.24, 2.45) is 0 Å². The Balaban J connectivity index is 1.18. The molecule has 36 heavy (non-hydrogen) atoms. The average Bonchev–Trinajstić information content (AvgIpc) is 3.23. The van der Waals surface area contributed by atoms with E-state index in [1.54, 1.807) is 0 Å². The van der Waals surface area contributed by atoms with Gasteiger partial charge in [-0.05, 0) is 48.7 Å². The number of ether oxygens (including phenoxy) is 1. The third kappa shape index (κ3) is 5.89. The van der Waals surface area contributed by atoms with E-state index in [2.05, 4.69) is 20.4 Å². The second-order valence-electron chi connectivity index (χ2n) is 8.95. The number of carbonyl (C=O) groups excluding carboxylic acids is 1. The predicted molar refractivity (Wildman–Crippen MR) is 144 cm³/mol. The lowest BCUT2D eigenvalue weighted by Crippen LogP contribution is -2.25. The molecular formula is C30H30N4O2. The molecule has 6 nitrogen and oxygen atoms in total. The summed E-state index contributed by atoms with van der Waals surface area (Å²) in [4.78, 5) is 14.9. The summed E-state index contributed by atoms with van der Waals surface area (Å²) in [6, 6.07) is 29.4. The highest BCUT2D eigenvalue weighted by Gasteiger charge is 2.12. The minimum absolute atomic E-state index is 0.0744. The maximum Gasteiger partial charge on any atom is 0.262 e. The van der Waals surface area contributed by atoms with Gasteiger partial charge in [0.15, 0.2) is 12.4 Å². The number of nitrogens with zero attached hydrogens (tertiary/aromatic N) is 3. The molecule has 4 aromatic rings. The lowest BCUT2D eigenvalue weighted by atomic mass is 10.1. The zero-order chi connectivity index (χ0) is 24.6. The van der Waals surface area contributed by atoms with Crippen LogP contribution in [0.1, 0.15) is 25.7 Å². The maximum absolute atomic E-state index is 12.5. The zero-order valence-corrected chi connectivity index (χ0v) is 20.3. The molecule has 0 bridgehead atoms. The van der Waals surface area contributed by atoms with Crippen LogP contribution in [-0.4, -0.2) is 35.8 Å². The van der Waals surface area contributed by atoms with Gasteiger partial charge >= 0.3 is 0 Å². The average molecular weight is 479 g/mol. The Morgan fingerprint density at radius 3 is 2.19 bits per heavy atom. The van der Waals surface area contributed by atoms with Crippen LogP contribution in [0.15, 0.2) is 91.0 Å². The quantitative estimate of drug-likeness (QED) is 0.342. The summed E-state index contributed by atoms with van der Waals surface area (Å²) in [5.74, 6) is 1.40. The van der Waals surface area contributed by atoms with Gasteiger partial charge in [-0.2, -0.15) is 0 Å². The molecule has 1 aromatic heterocycles. The Kier molecular flexibility index (Phi) is 7.52. The second kappa shape index (κ2) is 11.5. The first-order valence-corrected chi connectivity index (χ1v) is 12.5. The van der Waals surface area contributed by atoms with Crippen molar-refractivity contribution in [3.8, 4) is 28.1 Å². The van der Waals surface area contributed by atoms with Crippen molar-refractivity contribution in [3.63, 3.8) is 0 Å². The first-order valence-electron chi connectivity index (χ1n) is 12.5. The first-order chi connectivity index (χ1) is 17.8. The summed E-state index contributed by atoms with van der Waals surface area (Å²) < 4.78 is 5.85. The van der Waals surface area contributed by atoms with Crippen molar-refractivity contribution in [2.45, 2.75) is 25.7 Å². The Bertz CT molecular complexity index is 1270. The van der Waals surface area contributed by atoms with E-state index in [9.17, 15) is 4.79 Å². The molecule has 1 amide bonds. The Morgan fingerprint density at radius 1 is 0.750 bits per heavy atom. The standard InChI is InChI=1S/C30H30N4O2/c35-30(22-36-28-13-7-6-12-26(28)23-10-4-3-5-11-23)31-25-16-14-24(15-17-25)27-18-19-29(33-32-27)34-20-8-1-2-9-21-34/h3-7,10-19H,1-2,8-9,20-22H2,(H,31,35). The van der Waals surface area contributed by atoms with Crippen LogP contribution in [0.5, 0.6) is 5.75 Å². The molecule has 0 aliphatic carbocycles. The maximum atomic E-state index is 12.5. The molecule has 1 aliphatic rings. The molecular weight excluding hydrogens is 448 g/mol. The molecule has 1 fully saturated rings. The number of benzene rings is 3. The topological polar surface area (TPSA) is 67.3 Å². The number of hydrogen-bond acceptors (Lipinski definition) is 5. The summed E-state index contributed by atoms with van der Waals surface area (Å²) in [6.45, 7) is 2.02. The molecule has 1 aliphatic heterocycles. The van der Waals surface area contributed by atoms with Crippen LogP contribution in [0.25, 0.3) is 22.4 Å². The van der Waals surface area contributed by atoms with Crippen LogP contribution in [0.3, 0.4) is 0 Å². The lowest BCUT2D eigenvalue weighted by molar-refractivity contribution is -0.118. The number of amides is 1. The van der Waals surface area contributed by atoms with E-state index < -0.39 is 0 Å². The van der Waals surface area contributed by atoms with Crippen molar-refractivity contribution in [1.29, 1.82) is 0 Å². The molecule has 182 valence electrons. The van der Waals surface area contributed by atoms with Crippen molar-refractivity contribution in [3.05, 3.63) is 91.0 Å². The molecule has 0 spiro atoms. The van der Waals surface area contributed by atoms with E-state index in [-0.39, 0.29) is 12.5 Å². The highest BCUT2D eigenvalue weighted by molar-refractivity contribution is 5.92. The Labute approximate surface area is 212 Å². The molecule has 2 heterocycles. The van der Waals surface area contributed by atoms with E-state index in [4.69, 9.17) is 4.74 Å². The van der Waals surface area contributed by atoms with Crippen molar-refractivity contribution >= 4 is 17.4 Å². The number of hydrogen-bond donors (Lipinski definition) is 1. The molecule has 1 N–H and O–H groups in total. The van der Waals surface area contributed by atoms with Gasteiger partial charge in [0.2, 0.25) is 0 Å². The van der Waals surface area contributed by atoms with Crippen molar-refractivity contribution < 1.29 is 9.53 Å². The van der Waals surface area contributed by atoms with Gasteiger partial charge < -0.3 is 15.0 Å². The smallest absolute Gasteiger partial charge is 0.262 e. The zero-order valence-electron chi connectivity index (χ0n) is 20.3. The number of nitrogens with one attached hydrogen (secondary N) is 1. The lowest BCUT2D eigenvalue weighted by Gasteiger charge is -2.20. The van der Waals surface area contributed by atoms with Crippen LogP contribution < -0.4 is 15.0 Å². The molecule has 0 saturated carbocycles. The molecule has 0 atom stereocenters. The SMILES string of the molecule is O=C(COc1ccccc1-c1ccccc1)Nc1ccc(-c2ccc(N3CCCCCC3)nn2)cc1. The van der Waals surface area contributed by atoms with Gasteiger partial charge in [0, 0.05) is 29.9 Å². The number of rotatable bonds is 7. The van der Waals surface area contributed by atoms with Gasteiger partial charge in [0.25, 0.3) is 5.91 Å². The molecule has 3 aromatic carbocycles. The van der Waals surface area contributed by atoms with E-state index in [0.717, 1.165) is 41.3 Å². The fourth-order valence-corrected chi connectivity index (χ4v) is 4.46. The van der Waals surface area contributed by atoms with E-state index in [0.29, 0.717) is 11.4 Å². The van der Waals surface area contributed by atoms with Gasteiger partial charge in [0.1, 0.15) is 5.75 Å². The van der Waals surface area contributed by atoms with Crippen molar-refractivity contribution in [1.82, 2.24) is 10.2 Å². The summed E-state index contributed by atoms with van der Waals surface area (Å²) in [7, 11) is 0. The minimum atomic E-state index is -0.216. The molecule has 0 radical (unpaired) electrons. The fourth-order valence-electron chi connectivity index (χ4n) is 4.46. The highest BCUT2D eigenvalue weighted by Crippen LogP contribution is 2.29. The molecule has 1 saturated heterocycles. The molecule has 5 rings (SSSR count). The fraction of sp³-hybridized carbons (Fsp3) is 0.233. The molecule has 6 heteroatoms. The van der Waals surface area contributed by atoms with E-state index in [1.165, 1.54) is 25.7 Å². The molecule has 0 unspecified atom stereocenters. The van der Waals surface area contributed by atoms with Crippen LogP contribution >= 0.6 is 0 Å². The van der Waals surface area contributed by atoms with Crippen molar-refractivity contribution in [2.75, 3.05) is 29.9 Å². The third-order valence-electron chi connectivity index (χ3n) is 6.38. The number of para-hydroxylation sites is 1. The summed E-state index contributed by atoms with van der Waals surface area (Å²) >= 11 is 0. The van der Waals surface area contributed by atoms with Gasteiger partial charge in [0.05, 0.1) is 5.69 Å². The van der Waals surface area contributed by atoms with Gasteiger partial charge in [-0.15, -0.1) is 10.2 Å². The number of anilines is 2. The van der Waals surface area contributed by atoms with Crippen LogP contribution in [0.4, 0.5) is 11.5 Å². The van der Waals surface area contributed by atoms with Gasteiger partial charge in [-0.3, -0.25) is 4.79 Å². The minimum Gasteiger partial charge on any atom is -0.483 e. The summed E-state index contributed by atoms with van der Waals surface area (Å²) in [5, 5.41) is 11.8. The van der Waals surface area contributed by atoms with Crippen LogP contribution in [0, 0.1) is 0 Å². The predicted octanol–water partition coefficient (Wildman–Crippen LogP) is 6.21. The van der Waals surface area contributed by atoms with Crippen LogP contribution in [0.2, 0.25) is 0 Å². The number of carbonyl (C=O) groups is 1. The Hall–Kier alpha value is -4.19. The number of aromatic nitrogens is 2. The first kappa shape index (κ1) is 23.5. The Morgan fingerprint density at radius 2 is 1.47 bits per heavy atom. The monoisotopic (exact) mass is 478 g/mol. The van der Waals surface area contributed by atoms with E-state index in [1.807, 2.05) is 91.0 Å². The van der Waals surface area contributed by atoms with Gasteiger partial charge in [-0.25, -0.2) is 0 Å². The highest BCUT2D eigenvalue weighted by atomic mass is 16.5. The normalized spacial score (nSPS) is 13.6. The summed E-state index contributed by atoms with van der Waals surface area (Å²) in [6.07, 6.45) is 5.00. The van der Waals surface area contributed by atoms with E-state index >= 15 is 0 Å². The van der Waals surface area contributed by atoms with Gasteiger partial charge in [-0.1, -0.05) is 73.5 Å². The second-order valence-corrected chi connectivity index (χ2v) is 8.95. The third-order valence-corrected chi connectivity index (χ3v) is 6.38. The largest absolute Gasteiger partial charge is 0.483 e. The van der Waals surface area contributed by atoms with Crippen LogP contribution in [-0.2, 0) is 4.79 Å². The summed E-state index contributed by atoms with van der Waals surface area (Å²) in [5.41, 5.74) is 4.48.